The van der Waals surface area contributed by atoms with Crippen LogP contribution >= 0.6 is 22.6 Å². The Bertz CT molecular complexity index is 1110. The summed E-state index contributed by atoms with van der Waals surface area (Å²) in [7, 11) is 0. The Balaban J connectivity index is 1.61. The zero-order valence-corrected chi connectivity index (χ0v) is 16.0. The van der Waals surface area contributed by atoms with Crippen molar-refractivity contribution in [2.45, 2.75) is 12.8 Å². The minimum Gasteiger partial charge on any atom is -0.0620 e. The van der Waals surface area contributed by atoms with Crippen molar-refractivity contribution in [3.8, 4) is 22.3 Å². The normalized spacial score (nSPS) is 12.7. The molecule has 25 heavy (non-hydrogen) atoms. The molecule has 1 aliphatic carbocycles. The molecule has 0 saturated carbocycles. The molecule has 5 rings (SSSR count). The average Bonchev–Trinajstić information content (AvgIpc) is 2.67. The third kappa shape index (κ3) is 2.67. The minimum absolute atomic E-state index is 1.13. The highest BCUT2D eigenvalue weighted by atomic mass is 127. The molecule has 0 nitrogen and oxygen atoms in total. The van der Waals surface area contributed by atoms with Crippen molar-refractivity contribution < 1.29 is 0 Å². The van der Waals surface area contributed by atoms with Crippen LogP contribution in [0.25, 0.3) is 33.0 Å². The predicted octanol–water partition coefficient (Wildman–Crippen LogP) is 6.88. The topological polar surface area (TPSA) is 0 Å². The fourth-order valence-corrected chi connectivity index (χ4v) is 4.42. The van der Waals surface area contributed by atoms with E-state index < -0.39 is 0 Å². The van der Waals surface area contributed by atoms with Crippen molar-refractivity contribution in [2.75, 3.05) is 0 Å². The summed E-state index contributed by atoms with van der Waals surface area (Å²) in [5.74, 6) is 0. The lowest BCUT2D eigenvalue weighted by atomic mass is 9.84. The molecule has 1 aliphatic rings. The SMILES string of the molecule is Ic1ccc2cc(-c3ccc4c(c3)CCc3ccccc3-4)ccc2c1. The maximum Gasteiger partial charge on any atom is 0.0136 e. The van der Waals surface area contributed by atoms with Gasteiger partial charge in [-0.25, -0.2) is 0 Å². The van der Waals surface area contributed by atoms with E-state index in [0.29, 0.717) is 0 Å². The quantitative estimate of drug-likeness (QED) is 0.288. The van der Waals surface area contributed by atoms with Gasteiger partial charge in [-0.15, -0.1) is 0 Å². The van der Waals surface area contributed by atoms with E-state index in [1.54, 1.807) is 0 Å². The zero-order valence-electron chi connectivity index (χ0n) is 13.8. The van der Waals surface area contributed by atoms with Crippen LogP contribution in [0.5, 0.6) is 0 Å². The van der Waals surface area contributed by atoms with Crippen LogP contribution < -0.4 is 0 Å². The predicted molar refractivity (Wildman–Crippen MR) is 115 cm³/mol. The molecule has 0 radical (unpaired) electrons. The van der Waals surface area contributed by atoms with Crippen LogP contribution in [0.3, 0.4) is 0 Å². The minimum atomic E-state index is 1.13. The summed E-state index contributed by atoms with van der Waals surface area (Å²) >= 11 is 2.37. The van der Waals surface area contributed by atoms with Crippen LogP contribution in [0.15, 0.2) is 78.9 Å². The summed E-state index contributed by atoms with van der Waals surface area (Å²) in [5, 5.41) is 2.61. The molecular weight excluding hydrogens is 415 g/mol. The molecule has 0 N–H and O–H groups in total. The van der Waals surface area contributed by atoms with E-state index >= 15 is 0 Å². The molecular formula is C24H17I. The van der Waals surface area contributed by atoms with Crippen LogP contribution in [0.4, 0.5) is 0 Å². The van der Waals surface area contributed by atoms with Gasteiger partial charge in [0.05, 0.1) is 0 Å². The Hall–Kier alpha value is -2.13. The van der Waals surface area contributed by atoms with Crippen LogP contribution in [-0.2, 0) is 12.8 Å². The van der Waals surface area contributed by atoms with Crippen molar-refractivity contribution in [1.29, 1.82) is 0 Å². The van der Waals surface area contributed by atoms with Gasteiger partial charge in [-0.05, 0) is 97.8 Å². The average molecular weight is 432 g/mol. The van der Waals surface area contributed by atoms with Gasteiger partial charge >= 0.3 is 0 Å². The number of hydrogen-bond donors (Lipinski definition) is 0. The van der Waals surface area contributed by atoms with E-state index in [2.05, 4.69) is 101 Å². The molecule has 0 atom stereocenters. The summed E-state index contributed by atoms with van der Waals surface area (Å²) in [6, 6.07) is 29.2. The number of hydrogen-bond acceptors (Lipinski definition) is 0. The van der Waals surface area contributed by atoms with Crippen LogP contribution in [0.1, 0.15) is 11.1 Å². The summed E-state index contributed by atoms with van der Waals surface area (Å²) in [4.78, 5) is 0. The highest BCUT2D eigenvalue weighted by molar-refractivity contribution is 14.1. The fourth-order valence-electron chi connectivity index (χ4n) is 3.91. The van der Waals surface area contributed by atoms with Crippen molar-refractivity contribution >= 4 is 33.4 Å². The molecule has 0 amide bonds. The first-order chi connectivity index (χ1) is 12.3. The molecule has 0 heterocycles. The van der Waals surface area contributed by atoms with E-state index in [9.17, 15) is 0 Å². The van der Waals surface area contributed by atoms with Gasteiger partial charge in [-0.1, -0.05) is 60.7 Å². The molecule has 0 spiro atoms. The van der Waals surface area contributed by atoms with E-state index in [-0.39, 0.29) is 0 Å². The van der Waals surface area contributed by atoms with Crippen molar-refractivity contribution in [3.63, 3.8) is 0 Å². The first-order valence-corrected chi connectivity index (χ1v) is 9.77. The van der Waals surface area contributed by atoms with Crippen molar-refractivity contribution in [3.05, 3.63) is 93.6 Å². The molecule has 1 heteroatoms. The first-order valence-electron chi connectivity index (χ1n) is 8.69. The largest absolute Gasteiger partial charge is 0.0620 e. The smallest absolute Gasteiger partial charge is 0.0136 e. The molecule has 0 bridgehead atoms. The van der Waals surface area contributed by atoms with Crippen molar-refractivity contribution in [1.82, 2.24) is 0 Å². The standard InChI is InChI=1S/C24H17I/c25-22-11-9-18-13-17(6-7-20(18)15-22)19-10-12-24-21(14-19)8-5-16-3-1-2-4-23(16)24/h1-4,6-7,9-15H,5,8H2. The zero-order chi connectivity index (χ0) is 16.8. The van der Waals surface area contributed by atoms with Gasteiger partial charge < -0.3 is 0 Å². The number of aryl methyl sites for hydroxylation is 2. The van der Waals surface area contributed by atoms with Crippen molar-refractivity contribution in [2.24, 2.45) is 0 Å². The number of rotatable bonds is 1. The summed E-state index contributed by atoms with van der Waals surface area (Å²) in [6.07, 6.45) is 2.27. The van der Waals surface area contributed by atoms with Crippen LogP contribution in [-0.4, -0.2) is 0 Å². The summed E-state index contributed by atoms with van der Waals surface area (Å²) < 4.78 is 1.28. The van der Waals surface area contributed by atoms with Gasteiger partial charge in [0.25, 0.3) is 0 Å². The van der Waals surface area contributed by atoms with E-state index in [4.69, 9.17) is 0 Å². The maximum absolute atomic E-state index is 2.39. The first kappa shape index (κ1) is 15.2. The Morgan fingerprint density at radius 3 is 2.20 bits per heavy atom. The second-order valence-electron chi connectivity index (χ2n) is 6.74. The highest BCUT2D eigenvalue weighted by Crippen LogP contribution is 2.36. The Morgan fingerprint density at radius 1 is 0.560 bits per heavy atom. The van der Waals surface area contributed by atoms with Crippen LogP contribution in [0.2, 0.25) is 0 Å². The maximum atomic E-state index is 2.39. The second-order valence-corrected chi connectivity index (χ2v) is 7.98. The molecule has 0 unspecified atom stereocenters. The number of benzene rings is 4. The number of halogens is 1. The third-order valence-corrected chi connectivity index (χ3v) is 5.88. The molecule has 4 aromatic carbocycles. The molecule has 0 saturated heterocycles. The van der Waals surface area contributed by atoms with E-state index in [1.165, 1.54) is 47.7 Å². The number of fused-ring (bicyclic) bond motifs is 4. The fraction of sp³-hybridized carbons (Fsp3) is 0.0833. The lowest BCUT2D eigenvalue weighted by molar-refractivity contribution is 0.942. The Labute approximate surface area is 161 Å². The Morgan fingerprint density at radius 2 is 1.24 bits per heavy atom. The van der Waals surface area contributed by atoms with Gasteiger partial charge in [-0.3, -0.25) is 0 Å². The molecule has 4 aromatic rings. The van der Waals surface area contributed by atoms with Gasteiger partial charge in [0, 0.05) is 3.57 Å². The molecule has 120 valence electrons. The van der Waals surface area contributed by atoms with Gasteiger partial charge in [-0.2, -0.15) is 0 Å². The van der Waals surface area contributed by atoms with Gasteiger partial charge in [0.15, 0.2) is 0 Å². The van der Waals surface area contributed by atoms with E-state index in [0.717, 1.165) is 12.8 Å². The summed E-state index contributed by atoms with van der Waals surface area (Å²) in [6.45, 7) is 0. The summed E-state index contributed by atoms with van der Waals surface area (Å²) in [5.41, 5.74) is 8.38. The molecule has 0 fully saturated rings. The van der Waals surface area contributed by atoms with E-state index in [1.807, 2.05) is 0 Å². The van der Waals surface area contributed by atoms with Gasteiger partial charge in [0.2, 0.25) is 0 Å². The second kappa shape index (κ2) is 5.99. The highest BCUT2D eigenvalue weighted by Gasteiger charge is 2.16. The van der Waals surface area contributed by atoms with Gasteiger partial charge in [0.1, 0.15) is 0 Å². The molecule has 0 aromatic heterocycles. The molecule has 0 aliphatic heterocycles. The lowest BCUT2D eigenvalue weighted by Crippen LogP contribution is -2.03. The van der Waals surface area contributed by atoms with Crippen LogP contribution in [0, 0.1) is 3.57 Å². The lowest BCUT2D eigenvalue weighted by Gasteiger charge is -2.20. The third-order valence-electron chi connectivity index (χ3n) is 5.21. The Kier molecular flexibility index (Phi) is 3.63. The monoisotopic (exact) mass is 432 g/mol.